The fourth-order valence-electron chi connectivity index (χ4n) is 2.51. The van der Waals surface area contributed by atoms with Crippen molar-refractivity contribution in [2.24, 2.45) is 0 Å². The van der Waals surface area contributed by atoms with Crippen molar-refractivity contribution in [1.29, 1.82) is 0 Å². The summed E-state index contributed by atoms with van der Waals surface area (Å²) in [5.74, 6) is -0.0469. The van der Waals surface area contributed by atoms with Gasteiger partial charge in [-0.15, -0.1) is 10.2 Å². The number of benzene rings is 1. The Morgan fingerprint density at radius 3 is 2.73 bits per heavy atom. The highest BCUT2D eigenvalue weighted by Gasteiger charge is 2.18. The van der Waals surface area contributed by atoms with Gasteiger partial charge in [0.1, 0.15) is 0 Å². The molecule has 1 aliphatic heterocycles. The van der Waals surface area contributed by atoms with Crippen LogP contribution in [0.25, 0.3) is 0 Å². The Balaban J connectivity index is 1.52. The smallest absolute Gasteiger partial charge is 0.237 e. The Labute approximate surface area is 161 Å². The molecule has 1 aliphatic rings. The molecule has 26 heavy (non-hydrogen) atoms. The van der Waals surface area contributed by atoms with Gasteiger partial charge in [0.2, 0.25) is 11.0 Å². The van der Waals surface area contributed by atoms with Gasteiger partial charge in [-0.1, -0.05) is 23.1 Å². The van der Waals surface area contributed by atoms with Crippen LogP contribution >= 0.6 is 23.1 Å². The number of nitrogens with zero attached hydrogens (tertiary/aromatic N) is 3. The van der Waals surface area contributed by atoms with E-state index < -0.39 is 0 Å². The van der Waals surface area contributed by atoms with Crippen molar-refractivity contribution in [3.63, 3.8) is 0 Å². The summed E-state index contributed by atoms with van der Waals surface area (Å²) in [5, 5.41) is 14.8. The molecule has 2 N–H and O–H groups in total. The topological polar surface area (TPSA) is 79.4 Å². The van der Waals surface area contributed by atoms with Gasteiger partial charge in [0.15, 0.2) is 4.34 Å². The molecule has 0 saturated carbocycles. The van der Waals surface area contributed by atoms with Crippen LogP contribution in [0, 0.1) is 0 Å². The first kappa shape index (κ1) is 18.9. The molecular formula is C17H23N5O2S2. The van der Waals surface area contributed by atoms with Gasteiger partial charge in [-0.3, -0.25) is 4.79 Å². The van der Waals surface area contributed by atoms with Crippen molar-refractivity contribution in [2.75, 3.05) is 48.4 Å². The van der Waals surface area contributed by atoms with Crippen molar-refractivity contribution >= 4 is 45.5 Å². The van der Waals surface area contributed by atoms with Crippen LogP contribution in [-0.2, 0) is 9.53 Å². The highest BCUT2D eigenvalue weighted by Crippen LogP contribution is 2.29. The summed E-state index contributed by atoms with van der Waals surface area (Å²) in [6.07, 6.45) is 0. The normalized spacial score (nSPS) is 15.5. The molecule has 1 saturated heterocycles. The van der Waals surface area contributed by atoms with Crippen molar-refractivity contribution < 1.29 is 9.53 Å². The summed E-state index contributed by atoms with van der Waals surface area (Å²) in [4.78, 5) is 14.7. The molecule has 1 amide bonds. The lowest BCUT2D eigenvalue weighted by atomic mass is 10.2. The lowest BCUT2D eigenvalue weighted by Crippen LogP contribution is -2.36. The van der Waals surface area contributed by atoms with Crippen molar-refractivity contribution in [2.45, 2.75) is 23.4 Å². The molecule has 2 aromatic rings. The predicted molar refractivity (Wildman–Crippen MR) is 107 cm³/mol. The van der Waals surface area contributed by atoms with Gasteiger partial charge in [0.05, 0.1) is 18.5 Å². The average molecular weight is 394 g/mol. The van der Waals surface area contributed by atoms with Crippen LogP contribution in [0.4, 0.5) is 16.5 Å². The van der Waals surface area contributed by atoms with Crippen LogP contribution in [0.5, 0.6) is 0 Å². The number of carbonyl (C=O) groups is 1. The molecule has 0 aliphatic carbocycles. The number of nitrogens with one attached hydrogen (secondary N) is 2. The van der Waals surface area contributed by atoms with Crippen LogP contribution in [0.3, 0.4) is 0 Å². The minimum absolute atomic E-state index is 0.0469. The Kier molecular flexibility index (Phi) is 6.70. The van der Waals surface area contributed by atoms with Gasteiger partial charge >= 0.3 is 0 Å². The summed E-state index contributed by atoms with van der Waals surface area (Å²) in [6.45, 7) is 8.00. The van der Waals surface area contributed by atoms with Gasteiger partial charge in [-0.25, -0.2) is 0 Å². The predicted octanol–water partition coefficient (Wildman–Crippen LogP) is 2.93. The molecular weight excluding hydrogens is 370 g/mol. The maximum Gasteiger partial charge on any atom is 0.237 e. The maximum absolute atomic E-state index is 12.4. The first-order chi connectivity index (χ1) is 12.7. The van der Waals surface area contributed by atoms with Crippen molar-refractivity contribution in [3.05, 3.63) is 24.3 Å². The number of rotatable bonds is 7. The van der Waals surface area contributed by atoms with Crippen molar-refractivity contribution in [3.8, 4) is 0 Å². The van der Waals surface area contributed by atoms with Gasteiger partial charge < -0.3 is 20.3 Å². The molecule has 0 unspecified atom stereocenters. The van der Waals surface area contributed by atoms with Gasteiger partial charge in [0.25, 0.3) is 0 Å². The van der Waals surface area contributed by atoms with E-state index in [0.717, 1.165) is 53.7 Å². The second-order valence-electron chi connectivity index (χ2n) is 5.80. The fourth-order valence-corrected chi connectivity index (χ4v) is 4.47. The molecule has 3 rings (SSSR count). The van der Waals surface area contributed by atoms with E-state index >= 15 is 0 Å². The molecule has 7 nitrogen and oxygen atoms in total. The standard InChI is InChI=1S/C17H23N5O2S2/c1-3-18-16-20-21-17(26-16)25-12(2)15(23)19-13-4-6-14(7-5-13)22-8-10-24-11-9-22/h4-7,12H,3,8-11H2,1-2H3,(H,18,20)(H,19,23)/t12-/m1/s1. The molecule has 140 valence electrons. The second-order valence-corrected chi connectivity index (χ2v) is 8.36. The third kappa shape index (κ3) is 5.09. The molecule has 1 aromatic carbocycles. The first-order valence-electron chi connectivity index (χ1n) is 8.63. The summed E-state index contributed by atoms with van der Waals surface area (Å²) in [6, 6.07) is 7.95. The third-order valence-electron chi connectivity index (χ3n) is 3.89. The quantitative estimate of drug-likeness (QED) is 0.700. The van der Waals surface area contributed by atoms with E-state index in [1.54, 1.807) is 0 Å². The van der Waals surface area contributed by atoms with E-state index in [2.05, 4.69) is 25.7 Å². The van der Waals surface area contributed by atoms with Gasteiger partial charge in [0, 0.05) is 31.0 Å². The second kappa shape index (κ2) is 9.20. The average Bonchev–Trinajstić information content (AvgIpc) is 3.10. The summed E-state index contributed by atoms with van der Waals surface area (Å²) < 4.78 is 6.16. The zero-order valence-electron chi connectivity index (χ0n) is 14.9. The minimum Gasteiger partial charge on any atom is -0.378 e. The van der Waals surface area contributed by atoms with Crippen LogP contribution in [-0.4, -0.2) is 54.2 Å². The molecule has 0 bridgehead atoms. The van der Waals surface area contributed by atoms with E-state index in [4.69, 9.17) is 4.74 Å². The summed E-state index contributed by atoms with van der Waals surface area (Å²) >= 11 is 2.88. The van der Waals surface area contributed by atoms with Gasteiger partial charge in [-0.2, -0.15) is 0 Å². The molecule has 1 fully saturated rings. The molecule has 1 atom stereocenters. The van der Waals surface area contributed by atoms with E-state index in [1.165, 1.54) is 23.1 Å². The van der Waals surface area contributed by atoms with Crippen LogP contribution in [0.1, 0.15) is 13.8 Å². The highest BCUT2D eigenvalue weighted by molar-refractivity contribution is 8.02. The van der Waals surface area contributed by atoms with Crippen LogP contribution in [0.2, 0.25) is 0 Å². The number of anilines is 3. The van der Waals surface area contributed by atoms with Gasteiger partial charge in [-0.05, 0) is 38.1 Å². The Morgan fingerprint density at radius 1 is 1.31 bits per heavy atom. The summed E-state index contributed by atoms with van der Waals surface area (Å²) in [7, 11) is 0. The number of ether oxygens (including phenoxy) is 1. The number of aromatic nitrogens is 2. The number of morpholine rings is 1. The highest BCUT2D eigenvalue weighted by atomic mass is 32.2. The van der Waals surface area contributed by atoms with E-state index in [-0.39, 0.29) is 11.2 Å². The largest absolute Gasteiger partial charge is 0.378 e. The Bertz CT molecular complexity index is 716. The zero-order chi connectivity index (χ0) is 18.4. The molecule has 9 heteroatoms. The lowest BCUT2D eigenvalue weighted by molar-refractivity contribution is -0.115. The number of carbonyl (C=O) groups excluding carboxylic acids is 1. The number of hydrogen-bond donors (Lipinski definition) is 2. The van der Waals surface area contributed by atoms with Crippen molar-refractivity contribution in [1.82, 2.24) is 10.2 Å². The van der Waals surface area contributed by atoms with E-state index in [9.17, 15) is 4.79 Å². The molecule has 1 aromatic heterocycles. The molecule has 0 spiro atoms. The fraction of sp³-hybridized carbons (Fsp3) is 0.471. The minimum atomic E-state index is -0.253. The summed E-state index contributed by atoms with van der Waals surface area (Å²) in [5.41, 5.74) is 1.95. The SMILES string of the molecule is CCNc1nnc(S[C@H](C)C(=O)Nc2ccc(N3CCOCC3)cc2)s1. The lowest BCUT2D eigenvalue weighted by Gasteiger charge is -2.28. The third-order valence-corrected chi connectivity index (χ3v) is 5.96. The maximum atomic E-state index is 12.4. The Morgan fingerprint density at radius 2 is 2.04 bits per heavy atom. The number of thioether (sulfide) groups is 1. The monoisotopic (exact) mass is 393 g/mol. The number of hydrogen-bond acceptors (Lipinski definition) is 8. The number of amides is 1. The van der Waals surface area contributed by atoms with Crippen LogP contribution in [0.15, 0.2) is 28.6 Å². The Hall–Kier alpha value is -1.84. The molecule has 2 heterocycles. The van der Waals surface area contributed by atoms with E-state index in [0.29, 0.717) is 0 Å². The van der Waals surface area contributed by atoms with Crippen LogP contribution < -0.4 is 15.5 Å². The first-order valence-corrected chi connectivity index (χ1v) is 10.3. The molecule has 0 radical (unpaired) electrons. The zero-order valence-corrected chi connectivity index (χ0v) is 16.5. The van der Waals surface area contributed by atoms with E-state index in [1.807, 2.05) is 38.1 Å².